The maximum Gasteiger partial charge on any atom is 0.291 e. The smallest absolute Gasteiger partial charge is 0.291 e. The fourth-order valence-corrected chi connectivity index (χ4v) is 3.32. The monoisotopic (exact) mass is 464 g/mol. The largest absolute Gasteiger partial charge is 0.484 e. The number of ether oxygens (including phenoxy) is 1. The van der Waals surface area contributed by atoms with Gasteiger partial charge in [-0.1, -0.05) is 29.8 Å². The highest BCUT2D eigenvalue weighted by Crippen LogP contribution is 2.24. The summed E-state index contributed by atoms with van der Waals surface area (Å²) in [6.45, 7) is 2.62. The highest BCUT2D eigenvalue weighted by atomic mass is 35.5. The van der Waals surface area contributed by atoms with E-state index < -0.39 is 5.91 Å². The van der Waals surface area contributed by atoms with Crippen molar-refractivity contribution >= 4 is 34.8 Å². The van der Waals surface area contributed by atoms with Crippen molar-refractivity contribution in [3.05, 3.63) is 95.2 Å². The number of aromatic nitrogens is 2. The molecule has 0 bridgehead atoms. The van der Waals surface area contributed by atoms with Gasteiger partial charge >= 0.3 is 0 Å². The molecule has 2 heterocycles. The number of amides is 2. The molecule has 0 atom stereocenters. The van der Waals surface area contributed by atoms with Crippen LogP contribution in [0.15, 0.2) is 77.3 Å². The van der Waals surface area contributed by atoms with E-state index in [1.807, 2.05) is 19.1 Å². The molecule has 2 amide bonds. The molecule has 0 aliphatic carbocycles. The van der Waals surface area contributed by atoms with Crippen LogP contribution in [0.3, 0.4) is 0 Å². The Kier molecular flexibility index (Phi) is 6.75. The average molecular weight is 465 g/mol. The van der Waals surface area contributed by atoms with Crippen LogP contribution in [0.4, 0.5) is 11.4 Å². The standard InChI is InChI=1S/C24H21ClN4O4/c1-2-29-20(12-13-26-29)23(30)27-16-6-5-7-17(14-16)28-24(31)22-11-10-18(33-22)15-32-21-9-4-3-8-19(21)25/h3-14H,2,15H2,1H3,(H,27,30)(H,28,31). The number of anilines is 2. The summed E-state index contributed by atoms with van der Waals surface area (Å²) in [4.78, 5) is 25.1. The minimum atomic E-state index is -0.425. The molecule has 168 valence electrons. The van der Waals surface area contributed by atoms with Gasteiger partial charge in [0.15, 0.2) is 5.76 Å². The van der Waals surface area contributed by atoms with Crippen molar-refractivity contribution in [3.63, 3.8) is 0 Å². The Hall–Kier alpha value is -4.04. The lowest BCUT2D eigenvalue weighted by Gasteiger charge is -2.09. The van der Waals surface area contributed by atoms with Gasteiger partial charge in [-0.15, -0.1) is 0 Å². The van der Waals surface area contributed by atoms with Crippen molar-refractivity contribution in [2.45, 2.75) is 20.1 Å². The number of halogens is 1. The van der Waals surface area contributed by atoms with Crippen LogP contribution >= 0.6 is 11.6 Å². The SMILES string of the molecule is CCn1nccc1C(=O)Nc1cccc(NC(=O)c2ccc(COc3ccccc3Cl)o2)c1. The van der Waals surface area contributed by atoms with Crippen LogP contribution in [0.2, 0.25) is 5.02 Å². The summed E-state index contributed by atoms with van der Waals surface area (Å²) in [6, 6.07) is 18.8. The zero-order valence-electron chi connectivity index (χ0n) is 17.7. The predicted octanol–water partition coefficient (Wildman–Crippen LogP) is 5.23. The van der Waals surface area contributed by atoms with E-state index in [2.05, 4.69) is 15.7 Å². The number of hydrogen-bond donors (Lipinski definition) is 2. The Balaban J connectivity index is 1.37. The van der Waals surface area contributed by atoms with Crippen LogP contribution in [-0.4, -0.2) is 21.6 Å². The number of rotatable bonds is 8. The first-order valence-electron chi connectivity index (χ1n) is 10.2. The van der Waals surface area contributed by atoms with E-state index in [-0.39, 0.29) is 18.3 Å². The van der Waals surface area contributed by atoms with Crippen molar-refractivity contribution in [1.29, 1.82) is 0 Å². The molecule has 2 N–H and O–H groups in total. The van der Waals surface area contributed by atoms with E-state index in [0.717, 1.165) is 0 Å². The van der Waals surface area contributed by atoms with Crippen LogP contribution in [0.25, 0.3) is 0 Å². The van der Waals surface area contributed by atoms with Crippen LogP contribution < -0.4 is 15.4 Å². The number of carbonyl (C=O) groups excluding carboxylic acids is 2. The molecule has 0 saturated heterocycles. The number of furan rings is 1. The highest BCUT2D eigenvalue weighted by molar-refractivity contribution is 6.32. The minimum Gasteiger partial charge on any atom is -0.484 e. The molecule has 0 aliphatic rings. The average Bonchev–Trinajstić information content (AvgIpc) is 3.48. The minimum absolute atomic E-state index is 0.132. The van der Waals surface area contributed by atoms with Crippen molar-refractivity contribution in [2.24, 2.45) is 0 Å². The summed E-state index contributed by atoms with van der Waals surface area (Å²) in [5.41, 5.74) is 1.50. The van der Waals surface area contributed by atoms with Gasteiger partial charge in [-0.3, -0.25) is 14.3 Å². The van der Waals surface area contributed by atoms with E-state index in [1.54, 1.807) is 65.5 Å². The van der Waals surface area contributed by atoms with Gasteiger partial charge in [0.05, 0.1) is 5.02 Å². The van der Waals surface area contributed by atoms with E-state index in [9.17, 15) is 9.59 Å². The lowest BCUT2D eigenvalue weighted by molar-refractivity contribution is 0.0990. The summed E-state index contributed by atoms with van der Waals surface area (Å²) in [5, 5.41) is 10.2. The molecule has 0 unspecified atom stereocenters. The van der Waals surface area contributed by atoms with Gasteiger partial charge < -0.3 is 19.8 Å². The maximum atomic E-state index is 12.6. The van der Waals surface area contributed by atoms with E-state index in [4.69, 9.17) is 20.8 Å². The quantitative estimate of drug-likeness (QED) is 0.372. The van der Waals surface area contributed by atoms with Gasteiger partial charge in [-0.05, 0) is 55.5 Å². The second kappa shape index (κ2) is 10.1. The summed E-state index contributed by atoms with van der Waals surface area (Å²) in [7, 11) is 0. The zero-order valence-corrected chi connectivity index (χ0v) is 18.5. The molecule has 0 fully saturated rings. The van der Waals surface area contributed by atoms with Crippen LogP contribution in [0.5, 0.6) is 5.75 Å². The second-order valence-corrected chi connectivity index (χ2v) is 7.41. The molecular weight excluding hydrogens is 444 g/mol. The van der Waals surface area contributed by atoms with Gasteiger partial charge in [0.1, 0.15) is 23.8 Å². The number of benzene rings is 2. The lowest BCUT2D eigenvalue weighted by atomic mass is 10.2. The number of carbonyl (C=O) groups is 2. The molecule has 8 nitrogen and oxygen atoms in total. The van der Waals surface area contributed by atoms with Gasteiger partial charge in [0.25, 0.3) is 11.8 Å². The Morgan fingerprint density at radius 1 is 1.00 bits per heavy atom. The normalized spacial score (nSPS) is 10.6. The van der Waals surface area contributed by atoms with Gasteiger partial charge in [-0.25, -0.2) is 0 Å². The molecule has 0 saturated carbocycles. The summed E-state index contributed by atoms with van der Waals surface area (Å²) in [5.74, 6) is 0.434. The molecule has 0 aliphatic heterocycles. The Morgan fingerprint density at radius 2 is 1.76 bits per heavy atom. The van der Waals surface area contributed by atoms with E-state index in [0.29, 0.717) is 40.1 Å². The Morgan fingerprint density at radius 3 is 2.52 bits per heavy atom. The molecule has 33 heavy (non-hydrogen) atoms. The second-order valence-electron chi connectivity index (χ2n) is 7.01. The topological polar surface area (TPSA) is 98.4 Å². The first-order chi connectivity index (χ1) is 16.0. The third-order valence-corrected chi connectivity index (χ3v) is 5.03. The molecular formula is C24H21ClN4O4. The third kappa shape index (κ3) is 5.42. The van der Waals surface area contributed by atoms with Crippen LogP contribution in [0.1, 0.15) is 33.7 Å². The van der Waals surface area contributed by atoms with E-state index >= 15 is 0 Å². The third-order valence-electron chi connectivity index (χ3n) is 4.72. The van der Waals surface area contributed by atoms with Crippen LogP contribution in [-0.2, 0) is 13.2 Å². The summed E-state index contributed by atoms with van der Waals surface area (Å²) >= 11 is 6.07. The molecule has 0 radical (unpaired) electrons. The summed E-state index contributed by atoms with van der Waals surface area (Å²) < 4.78 is 12.8. The van der Waals surface area contributed by atoms with Gasteiger partial charge in [0, 0.05) is 24.1 Å². The van der Waals surface area contributed by atoms with Gasteiger partial charge in [-0.2, -0.15) is 5.10 Å². The Bertz CT molecular complexity index is 1280. The molecule has 2 aromatic heterocycles. The van der Waals surface area contributed by atoms with Crippen molar-refractivity contribution in [2.75, 3.05) is 10.6 Å². The molecule has 9 heteroatoms. The number of nitrogens with one attached hydrogen (secondary N) is 2. The maximum absolute atomic E-state index is 12.6. The number of para-hydroxylation sites is 1. The fourth-order valence-electron chi connectivity index (χ4n) is 3.13. The Labute approximate surface area is 195 Å². The van der Waals surface area contributed by atoms with Crippen molar-refractivity contribution < 1.29 is 18.7 Å². The highest BCUT2D eigenvalue weighted by Gasteiger charge is 2.14. The fraction of sp³-hybridized carbons (Fsp3) is 0.125. The first kappa shape index (κ1) is 22.2. The zero-order chi connectivity index (χ0) is 23.2. The van der Waals surface area contributed by atoms with Crippen molar-refractivity contribution in [3.8, 4) is 5.75 Å². The lowest BCUT2D eigenvalue weighted by Crippen LogP contribution is -2.17. The van der Waals surface area contributed by atoms with Crippen LogP contribution in [0, 0.1) is 0 Å². The summed E-state index contributed by atoms with van der Waals surface area (Å²) in [6.07, 6.45) is 1.58. The number of nitrogens with zero attached hydrogens (tertiary/aromatic N) is 2. The molecule has 4 rings (SSSR count). The van der Waals surface area contributed by atoms with Gasteiger partial charge in [0.2, 0.25) is 0 Å². The molecule has 2 aromatic carbocycles. The molecule has 4 aromatic rings. The van der Waals surface area contributed by atoms with Crippen molar-refractivity contribution in [1.82, 2.24) is 9.78 Å². The molecule has 0 spiro atoms. The number of aryl methyl sites for hydroxylation is 1. The number of hydrogen-bond acceptors (Lipinski definition) is 5. The van der Waals surface area contributed by atoms with E-state index in [1.165, 1.54) is 0 Å². The first-order valence-corrected chi connectivity index (χ1v) is 10.6. The predicted molar refractivity (Wildman–Crippen MR) is 125 cm³/mol.